The van der Waals surface area contributed by atoms with Crippen LogP contribution >= 0.6 is 23.2 Å². The number of alkyl halides is 3. The summed E-state index contributed by atoms with van der Waals surface area (Å²) in [6.45, 7) is -2.02. The molecule has 0 fully saturated rings. The van der Waals surface area contributed by atoms with E-state index in [9.17, 15) is 22.8 Å². The SMILES string of the molecule is O=C(/C=C/c1cc(Cl)ccc1Cl)NCC(=O)NCC(F)(F)F. The maximum Gasteiger partial charge on any atom is 0.405 e. The number of hydrogen-bond acceptors (Lipinski definition) is 2. The Hall–Kier alpha value is -1.73. The van der Waals surface area contributed by atoms with Crippen molar-refractivity contribution in [3.05, 3.63) is 39.9 Å². The fraction of sp³-hybridized carbons (Fsp3) is 0.231. The van der Waals surface area contributed by atoms with Gasteiger partial charge in [0.2, 0.25) is 11.8 Å². The third-order valence-corrected chi connectivity index (χ3v) is 2.86. The van der Waals surface area contributed by atoms with Crippen molar-refractivity contribution in [1.82, 2.24) is 10.6 Å². The maximum atomic E-state index is 11.9. The molecule has 0 spiro atoms. The number of nitrogens with one attached hydrogen (secondary N) is 2. The zero-order valence-electron chi connectivity index (χ0n) is 11.0. The van der Waals surface area contributed by atoms with Gasteiger partial charge in [0.25, 0.3) is 0 Å². The Morgan fingerprint density at radius 1 is 1.18 bits per heavy atom. The van der Waals surface area contributed by atoms with E-state index < -0.39 is 31.1 Å². The molecule has 9 heteroatoms. The molecule has 0 bridgehead atoms. The van der Waals surface area contributed by atoms with Crippen molar-refractivity contribution >= 4 is 41.1 Å². The van der Waals surface area contributed by atoms with E-state index in [1.54, 1.807) is 17.4 Å². The van der Waals surface area contributed by atoms with Gasteiger partial charge in [0.05, 0.1) is 6.54 Å². The Kier molecular flexibility index (Phi) is 6.70. The fourth-order valence-electron chi connectivity index (χ4n) is 1.30. The number of hydrogen-bond donors (Lipinski definition) is 2. The second kappa shape index (κ2) is 8.05. The Balaban J connectivity index is 2.45. The van der Waals surface area contributed by atoms with Crippen LogP contribution in [0.25, 0.3) is 6.08 Å². The Labute approximate surface area is 134 Å². The molecule has 120 valence electrons. The van der Waals surface area contributed by atoms with Gasteiger partial charge < -0.3 is 10.6 Å². The van der Waals surface area contributed by atoms with Crippen LogP contribution in [0.5, 0.6) is 0 Å². The molecular formula is C13H11Cl2F3N2O2. The minimum Gasteiger partial charge on any atom is -0.345 e. The molecule has 22 heavy (non-hydrogen) atoms. The van der Waals surface area contributed by atoms with Crippen LogP contribution in [0.1, 0.15) is 5.56 Å². The lowest BCUT2D eigenvalue weighted by atomic mass is 10.2. The highest BCUT2D eigenvalue weighted by Gasteiger charge is 2.27. The smallest absolute Gasteiger partial charge is 0.345 e. The van der Waals surface area contributed by atoms with Gasteiger partial charge in [0.1, 0.15) is 6.54 Å². The van der Waals surface area contributed by atoms with Crippen molar-refractivity contribution in [3.8, 4) is 0 Å². The van der Waals surface area contributed by atoms with Crippen LogP contribution in [0.2, 0.25) is 10.0 Å². The van der Waals surface area contributed by atoms with Gasteiger partial charge in [-0.3, -0.25) is 9.59 Å². The van der Waals surface area contributed by atoms with Crippen molar-refractivity contribution < 1.29 is 22.8 Å². The Morgan fingerprint density at radius 3 is 2.50 bits per heavy atom. The van der Waals surface area contributed by atoms with E-state index in [4.69, 9.17) is 23.2 Å². The zero-order valence-corrected chi connectivity index (χ0v) is 12.5. The molecule has 0 aromatic heterocycles. The third kappa shape index (κ3) is 7.33. The first-order valence-electron chi connectivity index (χ1n) is 5.92. The Bertz CT molecular complexity index is 589. The molecule has 0 aliphatic rings. The predicted octanol–water partition coefficient (Wildman–Crippen LogP) is 2.80. The molecule has 1 rings (SSSR count). The van der Waals surface area contributed by atoms with Gasteiger partial charge in [-0.05, 0) is 29.8 Å². The van der Waals surface area contributed by atoms with E-state index in [1.807, 2.05) is 0 Å². The molecule has 2 N–H and O–H groups in total. The van der Waals surface area contributed by atoms with Gasteiger partial charge >= 0.3 is 6.18 Å². The first kappa shape index (κ1) is 18.3. The molecule has 0 aliphatic heterocycles. The number of rotatable bonds is 5. The molecule has 1 aromatic carbocycles. The Morgan fingerprint density at radius 2 is 1.86 bits per heavy atom. The summed E-state index contributed by atoms with van der Waals surface area (Å²) in [5, 5.41) is 4.57. The second-order valence-corrected chi connectivity index (χ2v) is 4.95. The summed E-state index contributed by atoms with van der Waals surface area (Å²) in [6.07, 6.45) is -2.03. The minimum atomic E-state index is -4.50. The monoisotopic (exact) mass is 354 g/mol. The average Bonchev–Trinajstić information content (AvgIpc) is 2.43. The second-order valence-electron chi connectivity index (χ2n) is 4.11. The molecule has 4 nitrogen and oxygen atoms in total. The van der Waals surface area contributed by atoms with Crippen LogP contribution in [-0.4, -0.2) is 31.1 Å². The summed E-state index contributed by atoms with van der Waals surface area (Å²) in [5.74, 6) is -1.60. The first-order valence-corrected chi connectivity index (χ1v) is 6.67. The van der Waals surface area contributed by atoms with Crippen LogP contribution in [-0.2, 0) is 9.59 Å². The van der Waals surface area contributed by atoms with Crippen LogP contribution in [0.3, 0.4) is 0 Å². The van der Waals surface area contributed by atoms with Crippen LogP contribution in [0, 0.1) is 0 Å². The molecule has 0 unspecified atom stereocenters. The lowest BCUT2D eigenvalue weighted by Crippen LogP contribution is -2.40. The average molecular weight is 355 g/mol. The van der Waals surface area contributed by atoms with E-state index in [2.05, 4.69) is 5.32 Å². The largest absolute Gasteiger partial charge is 0.405 e. The van der Waals surface area contributed by atoms with Gasteiger partial charge in [-0.2, -0.15) is 13.2 Å². The van der Waals surface area contributed by atoms with E-state index in [-0.39, 0.29) is 0 Å². The summed E-state index contributed by atoms with van der Waals surface area (Å²) < 4.78 is 35.6. The molecule has 0 heterocycles. The molecule has 0 atom stereocenters. The van der Waals surface area contributed by atoms with E-state index in [0.29, 0.717) is 15.6 Å². The van der Waals surface area contributed by atoms with Gasteiger partial charge in [0.15, 0.2) is 0 Å². The van der Waals surface area contributed by atoms with Gasteiger partial charge in [-0.1, -0.05) is 23.2 Å². The number of carbonyl (C=O) groups is 2. The maximum absolute atomic E-state index is 11.9. The topological polar surface area (TPSA) is 58.2 Å². The van der Waals surface area contributed by atoms with Crippen molar-refractivity contribution in [2.75, 3.05) is 13.1 Å². The summed E-state index contributed by atoms with van der Waals surface area (Å²) in [5.41, 5.74) is 0.492. The van der Waals surface area contributed by atoms with E-state index >= 15 is 0 Å². The van der Waals surface area contributed by atoms with Crippen molar-refractivity contribution in [1.29, 1.82) is 0 Å². The standard InChI is InChI=1S/C13H11Cl2F3N2O2/c14-9-2-3-10(15)8(5-9)1-4-11(21)19-6-12(22)20-7-13(16,17)18/h1-5H,6-7H2,(H,19,21)(H,20,22)/b4-1+. The normalized spacial score (nSPS) is 11.5. The van der Waals surface area contributed by atoms with Crippen LogP contribution in [0.15, 0.2) is 24.3 Å². The molecular weight excluding hydrogens is 344 g/mol. The van der Waals surface area contributed by atoms with Crippen molar-refractivity contribution in [2.45, 2.75) is 6.18 Å². The quantitative estimate of drug-likeness (QED) is 0.798. The molecule has 2 amide bonds. The zero-order chi connectivity index (χ0) is 16.8. The summed E-state index contributed by atoms with van der Waals surface area (Å²) in [6, 6.07) is 4.65. The summed E-state index contributed by atoms with van der Waals surface area (Å²) >= 11 is 11.6. The first-order chi connectivity index (χ1) is 10.2. The van der Waals surface area contributed by atoms with Crippen molar-refractivity contribution in [3.63, 3.8) is 0 Å². The lowest BCUT2D eigenvalue weighted by Gasteiger charge is -2.08. The molecule has 0 aliphatic carbocycles. The highest BCUT2D eigenvalue weighted by Crippen LogP contribution is 2.21. The van der Waals surface area contributed by atoms with E-state index in [0.717, 1.165) is 6.08 Å². The highest BCUT2D eigenvalue weighted by atomic mass is 35.5. The van der Waals surface area contributed by atoms with Gasteiger partial charge in [-0.15, -0.1) is 0 Å². The number of benzene rings is 1. The third-order valence-electron chi connectivity index (χ3n) is 2.28. The van der Waals surface area contributed by atoms with Crippen molar-refractivity contribution in [2.24, 2.45) is 0 Å². The number of halogens is 5. The van der Waals surface area contributed by atoms with Crippen LogP contribution < -0.4 is 10.6 Å². The fourth-order valence-corrected chi connectivity index (χ4v) is 1.66. The molecule has 1 aromatic rings. The molecule has 0 saturated heterocycles. The summed E-state index contributed by atoms with van der Waals surface area (Å²) in [4.78, 5) is 22.5. The lowest BCUT2D eigenvalue weighted by molar-refractivity contribution is -0.138. The van der Waals surface area contributed by atoms with Gasteiger partial charge in [-0.25, -0.2) is 0 Å². The number of carbonyl (C=O) groups excluding carboxylic acids is 2. The minimum absolute atomic E-state index is 0.372. The highest BCUT2D eigenvalue weighted by molar-refractivity contribution is 6.34. The molecule has 0 saturated carbocycles. The van der Waals surface area contributed by atoms with Gasteiger partial charge in [0, 0.05) is 16.1 Å². The number of amides is 2. The van der Waals surface area contributed by atoms with Crippen LogP contribution in [0.4, 0.5) is 13.2 Å². The predicted molar refractivity (Wildman–Crippen MR) is 77.6 cm³/mol. The van der Waals surface area contributed by atoms with E-state index in [1.165, 1.54) is 12.1 Å². The summed E-state index contributed by atoms with van der Waals surface area (Å²) in [7, 11) is 0. The molecule has 0 radical (unpaired) electrons.